The summed E-state index contributed by atoms with van der Waals surface area (Å²) in [5, 5.41) is 6.13. The van der Waals surface area contributed by atoms with E-state index in [0.717, 1.165) is 6.20 Å². The average molecular weight is 200 g/mol. The molecule has 5 nitrogen and oxygen atoms in total. The molecular formula is C6H5FN4OS. The summed E-state index contributed by atoms with van der Waals surface area (Å²) in [5.41, 5.74) is 0.0804. The van der Waals surface area contributed by atoms with Crippen molar-refractivity contribution in [1.82, 2.24) is 19.6 Å². The van der Waals surface area contributed by atoms with Gasteiger partial charge in [0.1, 0.15) is 0 Å². The Labute approximate surface area is 77.2 Å². The Morgan fingerprint density at radius 3 is 3.15 bits per heavy atom. The zero-order valence-corrected chi connectivity index (χ0v) is 7.43. The highest BCUT2D eigenvalue weighted by molar-refractivity contribution is 7.71. The number of nitrogens with one attached hydrogen (secondary N) is 1. The molecule has 0 aliphatic carbocycles. The van der Waals surface area contributed by atoms with Crippen molar-refractivity contribution in [1.29, 1.82) is 0 Å². The Morgan fingerprint density at radius 1 is 1.69 bits per heavy atom. The van der Waals surface area contributed by atoms with Gasteiger partial charge in [-0.25, -0.2) is 13.8 Å². The molecule has 0 saturated heterocycles. The average Bonchev–Trinajstić information content (AvgIpc) is 2.51. The van der Waals surface area contributed by atoms with Crippen LogP contribution in [0.4, 0.5) is 4.39 Å². The number of H-pyrrole nitrogens is 1. The molecule has 0 spiro atoms. The number of aromatic nitrogens is 4. The van der Waals surface area contributed by atoms with Gasteiger partial charge >= 0.3 is 6.01 Å². The fourth-order valence-corrected chi connectivity index (χ4v) is 1.22. The molecule has 0 aliphatic rings. The Balaban J connectivity index is 2.97. The van der Waals surface area contributed by atoms with Gasteiger partial charge < -0.3 is 4.74 Å². The summed E-state index contributed by atoms with van der Waals surface area (Å²) in [6, 6.07) is 0.204. The molecule has 7 heteroatoms. The van der Waals surface area contributed by atoms with E-state index in [1.165, 1.54) is 11.5 Å². The van der Waals surface area contributed by atoms with Gasteiger partial charge in [0.05, 0.1) is 13.3 Å². The summed E-state index contributed by atoms with van der Waals surface area (Å²) in [6.07, 6.45) is 1.03. The zero-order chi connectivity index (χ0) is 9.42. The molecular weight excluding hydrogens is 195 g/mol. The van der Waals surface area contributed by atoms with Gasteiger partial charge in [-0.3, -0.25) is 5.10 Å². The molecule has 0 aromatic carbocycles. The van der Waals surface area contributed by atoms with Gasteiger partial charge in [0.15, 0.2) is 5.82 Å². The number of methoxy groups -OCH3 is 1. The van der Waals surface area contributed by atoms with Crippen LogP contribution in [0.2, 0.25) is 0 Å². The standard InChI is InChI=1S/C6H5FN4OS/c1-12-5-8-2-3(7)4-9-10-6(13)11(4)5/h2H,1H3,(H,10,13). The van der Waals surface area contributed by atoms with Gasteiger partial charge in [-0.05, 0) is 12.2 Å². The van der Waals surface area contributed by atoms with Crippen molar-refractivity contribution in [3.05, 3.63) is 16.8 Å². The van der Waals surface area contributed by atoms with Gasteiger partial charge in [-0.15, -0.1) is 0 Å². The third-order valence-corrected chi connectivity index (χ3v) is 1.82. The highest BCUT2D eigenvalue weighted by Crippen LogP contribution is 2.12. The Kier molecular flexibility index (Phi) is 1.73. The molecule has 68 valence electrons. The lowest BCUT2D eigenvalue weighted by Gasteiger charge is -2.00. The van der Waals surface area contributed by atoms with Crippen LogP contribution in [0.25, 0.3) is 5.65 Å². The molecule has 2 rings (SSSR count). The fraction of sp³-hybridized carbons (Fsp3) is 0.167. The molecule has 0 saturated carbocycles. The first-order chi connectivity index (χ1) is 6.24. The second kappa shape index (κ2) is 2.77. The second-order valence-electron chi connectivity index (χ2n) is 2.28. The Bertz CT molecular complexity index is 505. The van der Waals surface area contributed by atoms with Gasteiger partial charge in [-0.1, -0.05) is 0 Å². The largest absolute Gasteiger partial charge is 0.468 e. The van der Waals surface area contributed by atoms with Gasteiger partial charge in [-0.2, -0.15) is 5.10 Å². The number of hydrogen-bond acceptors (Lipinski definition) is 4. The third kappa shape index (κ3) is 1.08. The first-order valence-corrected chi connectivity index (χ1v) is 3.80. The SMILES string of the molecule is COc1ncc(F)c2n[nH]c(=S)n12. The van der Waals surface area contributed by atoms with E-state index >= 15 is 0 Å². The second-order valence-corrected chi connectivity index (χ2v) is 2.67. The number of halogens is 1. The maximum absolute atomic E-state index is 13.0. The minimum Gasteiger partial charge on any atom is -0.468 e. The van der Waals surface area contributed by atoms with E-state index in [4.69, 9.17) is 17.0 Å². The van der Waals surface area contributed by atoms with Crippen LogP contribution in [0, 0.1) is 10.6 Å². The summed E-state index contributed by atoms with van der Waals surface area (Å²) in [6.45, 7) is 0. The number of rotatable bonds is 1. The quantitative estimate of drug-likeness (QED) is 0.696. The van der Waals surface area contributed by atoms with Crippen LogP contribution in [0.5, 0.6) is 6.01 Å². The van der Waals surface area contributed by atoms with Crippen molar-refractivity contribution in [2.24, 2.45) is 0 Å². The van der Waals surface area contributed by atoms with Crippen molar-refractivity contribution in [3.63, 3.8) is 0 Å². The van der Waals surface area contributed by atoms with E-state index in [2.05, 4.69) is 15.2 Å². The van der Waals surface area contributed by atoms with Crippen LogP contribution in [0.1, 0.15) is 0 Å². The number of fused-ring (bicyclic) bond motifs is 1. The van der Waals surface area contributed by atoms with Crippen LogP contribution >= 0.6 is 12.2 Å². The first-order valence-electron chi connectivity index (χ1n) is 3.39. The highest BCUT2D eigenvalue weighted by Gasteiger charge is 2.09. The molecule has 0 fully saturated rings. The number of ether oxygens (including phenoxy) is 1. The van der Waals surface area contributed by atoms with Crippen molar-refractivity contribution in [2.75, 3.05) is 7.11 Å². The minimum absolute atomic E-state index is 0.0804. The smallest absolute Gasteiger partial charge is 0.304 e. The van der Waals surface area contributed by atoms with E-state index in [9.17, 15) is 4.39 Å². The molecule has 2 heterocycles. The molecule has 0 aliphatic heterocycles. The lowest BCUT2D eigenvalue weighted by Crippen LogP contribution is -1.99. The molecule has 0 bridgehead atoms. The van der Waals surface area contributed by atoms with Crippen molar-refractivity contribution in [2.45, 2.75) is 0 Å². The molecule has 0 unspecified atom stereocenters. The summed E-state index contributed by atoms with van der Waals surface area (Å²) in [5.74, 6) is -0.548. The molecule has 1 N–H and O–H groups in total. The topological polar surface area (TPSA) is 55.2 Å². The van der Waals surface area contributed by atoms with Crippen molar-refractivity contribution >= 4 is 17.9 Å². The zero-order valence-electron chi connectivity index (χ0n) is 6.61. The lowest BCUT2D eigenvalue weighted by molar-refractivity contribution is 0.370. The number of aromatic amines is 1. The van der Waals surface area contributed by atoms with Gasteiger partial charge in [0.25, 0.3) is 0 Å². The maximum Gasteiger partial charge on any atom is 0.304 e. The predicted molar refractivity (Wildman–Crippen MR) is 44.7 cm³/mol. The lowest BCUT2D eigenvalue weighted by atomic mass is 10.6. The van der Waals surface area contributed by atoms with E-state index in [1.807, 2.05) is 0 Å². The Hall–Kier alpha value is -1.50. The summed E-state index contributed by atoms with van der Waals surface area (Å²) in [7, 11) is 1.43. The van der Waals surface area contributed by atoms with E-state index < -0.39 is 5.82 Å². The van der Waals surface area contributed by atoms with E-state index in [0.29, 0.717) is 0 Å². The molecule has 0 amide bonds. The van der Waals surface area contributed by atoms with E-state index in [-0.39, 0.29) is 16.4 Å². The van der Waals surface area contributed by atoms with Crippen LogP contribution in [0.15, 0.2) is 6.20 Å². The van der Waals surface area contributed by atoms with Gasteiger partial charge in [0.2, 0.25) is 10.4 Å². The van der Waals surface area contributed by atoms with Crippen LogP contribution in [-0.2, 0) is 0 Å². The monoisotopic (exact) mass is 200 g/mol. The summed E-state index contributed by atoms with van der Waals surface area (Å²) >= 11 is 4.86. The Morgan fingerprint density at radius 2 is 2.46 bits per heavy atom. The predicted octanol–water partition coefficient (Wildman–Crippen LogP) is 0.935. The first kappa shape index (κ1) is 8.11. The third-order valence-electron chi connectivity index (χ3n) is 1.55. The highest BCUT2D eigenvalue weighted by atomic mass is 32.1. The van der Waals surface area contributed by atoms with Crippen molar-refractivity contribution in [3.8, 4) is 6.01 Å². The maximum atomic E-state index is 13.0. The number of hydrogen-bond donors (Lipinski definition) is 1. The van der Waals surface area contributed by atoms with Gasteiger partial charge in [0, 0.05) is 0 Å². The normalized spacial score (nSPS) is 10.6. The molecule has 0 atom stereocenters. The minimum atomic E-state index is -0.548. The van der Waals surface area contributed by atoms with E-state index in [1.54, 1.807) is 0 Å². The molecule has 0 radical (unpaired) electrons. The van der Waals surface area contributed by atoms with Crippen LogP contribution < -0.4 is 4.74 Å². The molecule has 2 aromatic heterocycles. The molecule has 13 heavy (non-hydrogen) atoms. The molecule has 2 aromatic rings. The summed E-state index contributed by atoms with van der Waals surface area (Å²) in [4.78, 5) is 3.70. The van der Waals surface area contributed by atoms with Crippen LogP contribution in [0.3, 0.4) is 0 Å². The van der Waals surface area contributed by atoms with Crippen molar-refractivity contribution < 1.29 is 9.13 Å². The fourth-order valence-electron chi connectivity index (χ4n) is 1.01. The number of nitrogens with zero attached hydrogens (tertiary/aromatic N) is 3. The van der Waals surface area contributed by atoms with Crippen LogP contribution in [-0.4, -0.2) is 26.7 Å². The summed E-state index contributed by atoms with van der Waals surface area (Å²) < 4.78 is 19.5.